The highest BCUT2D eigenvalue weighted by Gasteiger charge is 2.38. The number of allylic oxidation sites excluding steroid dienone is 1. The average molecular weight is 184 g/mol. The number of hydrogen-bond donors (Lipinski definition) is 0. The van der Waals surface area contributed by atoms with Crippen molar-refractivity contribution in [2.45, 2.75) is 38.5 Å². The van der Waals surface area contributed by atoms with E-state index in [1.54, 1.807) is 6.92 Å². The first-order valence-corrected chi connectivity index (χ1v) is 4.69. The fraction of sp³-hybridized carbons (Fsp3) is 0.700. The second-order valence-corrected chi connectivity index (χ2v) is 3.86. The van der Waals surface area contributed by atoms with E-state index < -0.39 is 6.17 Å². The quantitative estimate of drug-likeness (QED) is 0.575. The van der Waals surface area contributed by atoms with Gasteiger partial charge in [0.1, 0.15) is 12.3 Å². The molecule has 0 aromatic carbocycles. The van der Waals surface area contributed by atoms with Gasteiger partial charge in [-0.05, 0) is 26.2 Å². The SMILES string of the molecule is CC1=COC2CCC(F)CC2C1=O. The van der Waals surface area contributed by atoms with Crippen LogP contribution in [-0.2, 0) is 9.53 Å². The van der Waals surface area contributed by atoms with Gasteiger partial charge in [-0.3, -0.25) is 4.79 Å². The lowest BCUT2D eigenvalue weighted by molar-refractivity contribution is -0.128. The molecule has 1 aliphatic heterocycles. The van der Waals surface area contributed by atoms with Gasteiger partial charge in [-0.2, -0.15) is 0 Å². The van der Waals surface area contributed by atoms with Crippen LogP contribution in [0.4, 0.5) is 4.39 Å². The van der Waals surface area contributed by atoms with Crippen LogP contribution in [0.25, 0.3) is 0 Å². The number of carbonyl (C=O) groups excluding carboxylic acids is 1. The molecule has 0 aromatic rings. The smallest absolute Gasteiger partial charge is 0.168 e. The van der Waals surface area contributed by atoms with Crippen LogP contribution in [0.3, 0.4) is 0 Å². The van der Waals surface area contributed by atoms with E-state index in [1.807, 2.05) is 0 Å². The van der Waals surface area contributed by atoms with E-state index >= 15 is 0 Å². The van der Waals surface area contributed by atoms with Crippen LogP contribution in [-0.4, -0.2) is 18.1 Å². The maximum atomic E-state index is 13.0. The van der Waals surface area contributed by atoms with Gasteiger partial charge in [-0.15, -0.1) is 0 Å². The molecule has 3 atom stereocenters. The Bertz CT molecular complexity index is 260. The van der Waals surface area contributed by atoms with Crippen molar-refractivity contribution in [3.05, 3.63) is 11.8 Å². The van der Waals surface area contributed by atoms with Crippen LogP contribution in [0.1, 0.15) is 26.2 Å². The minimum atomic E-state index is -0.820. The van der Waals surface area contributed by atoms with Crippen LogP contribution in [0.5, 0.6) is 0 Å². The van der Waals surface area contributed by atoms with Gasteiger partial charge in [0, 0.05) is 5.57 Å². The molecule has 1 saturated carbocycles. The predicted molar refractivity (Wildman–Crippen MR) is 45.9 cm³/mol. The zero-order valence-electron chi connectivity index (χ0n) is 7.63. The molecule has 3 heteroatoms. The van der Waals surface area contributed by atoms with Crippen molar-refractivity contribution in [3.8, 4) is 0 Å². The zero-order valence-corrected chi connectivity index (χ0v) is 7.63. The number of hydrogen-bond acceptors (Lipinski definition) is 2. The van der Waals surface area contributed by atoms with Gasteiger partial charge in [-0.1, -0.05) is 0 Å². The third-order valence-corrected chi connectivity index (χ3v) is 2.87. The summed E-state index contributed by atoms with van der Waals surface area (Å²) in [5.74, 6) is -0.160. The Labute approximate surface area is 76.8 Å². The number of alkyl halides is 1. The summed E-state index contributed by atoms with van der Waals surface area (Å²) in [5.41, 5.74) is 0.621. The van der Waals surface area contributed by atoms with Crippen molar-refractivity contribution in [1.29, 1.82) is 0 Å². The zero-order chi connectivity index (χ0) is 9.42. The molecule has 0 bridgehead atoms. The predicted octanol–water partition coefficient (Wildman–Crippen LogP) is 2.00. The van der Waals surface area contributed by atoms with E-state index in [0.29, 0.717) is 24.8 Å². The number of fused-ring (bicyclic) bond motifs is 1. The van der Waals surface area contributed by atoms with Crippen LogP contribution in [0.15, 0.2) is 11.8 Å². The average Bonchev–Trinajstić information content (AvgIpc) is 2.12. The highest BCUT2D eigenvalue weighted by molar-refractivity contribution is 5.97. The van der Waals surface area contributed by atoms with Crippen molar-refractivity contribution in [1.82, 2.24) is 0 Å². The molecular formula is C10H13FO2. The van der Waals surface area contributed by atoms with Crippen LogP contribution in [0, 0.1) is 5.92 Å². The summed E-state index contributed by atoms with van der Waals surface area (Å²) in [6, 6.07) is 0. The van der Waals surface area contributed by atoms with Crippen molar-refractivity contribution in [2.24, 2.45) is 5.92 Å². The molecule has 0 spiro atoms. The molecule has 0 N–H and O–H groups in total. The maximum absolute atomic E-state index is 13.0. The molecule has 72 valence electrons. The first kappa shape index (κ1) is 8.73. The van der Waals surface area contributed by atoms with Crippen molar-refractivity contribution in [3.63, 3.8) is 0 Å². The monoisotopic (exact) mass is 184 g/mol. The third kappa shape index (κ3) is 1.47. The molecule has 0 amide bonds. The normalized spacial score (nSPS) is 39.1. The third-order valence-electron chi connectivity index (χ3n) is 2.87. The van der Waals surface area contributed by atoms with E-state index in [4.69, 9.17) is 4.74 Å². The Kier molecular flexibility index (Phi) is 2.10. The number of ketones is 1. The Morgan fingerprint density at radius 3 is 3.08 bits per heavy atom. The number of ether oxygens (including phenoxy) is 1. The second-order valence-electron chi connectivity index (χ2n) is 3.86. The van der Waals surface area contributed by atoms with E-state index in [2.05, 4.69) is 0 Å². The van der Waals surface area contributed by atoms with Gasteiger partial charge in [-0.25, -0.2) is 4.39 Å². The molecule has 0 saturated heterocycles. The number of carbonyl (C=O) groups is 1. The van der Waals surface area contributed by atoms with Gasteiger partial charge >= 0.3 is 0 Å². The summed E-state index contributed by atoms with van der Waals surface area (Å²) < 4.78 is 18.4. The lowest BCUT2D eigenvalue weighted by Crippen LogP contribution is -2.39. The summed E-state index contributed by atoms with van der Waals surface area (Å²) >= 11 is 0. The lowest BCUT2D eigenvalue weighted by atomic mass is 9.80. The molecular weight excluding hydrogens is 171 g/mol. The van der Waals surface area contributed by atoms with Crippen LogP contribution in [0.2, 0.25) is 0 Å². The van der Waals surface area contributed by atoms with E-state index in [-0.39, 0.29) is 17.8 Å². The molecule has 0 aromatic heterocycles. The molecule has 0 radical (unpaired) electrons. The Morgan fingerprint density at radius 2 is 2.31 bits per heavy atom. The summed E-state index contributed by atoms with van der Waals surface area (Å²) in [6.07, 6.45) is 2.17. The minimum absolute atomic E-state index is 0.0665. The topological polar surface area (TPSA) is 26.3 Å². The molecule has 3 unspecified atom stereocenters. The van der Waals surface area contributed by atoms with Crippen LogP contribution >= 0.6 is 0 Å². The first-order valence-electron chi connectivity index (χ1n) is 4.69. The summed E-state index contributed by atoms with van der Waals surface area (Å²) in [7, 11) is 0. The molecule has 13 heavy (non-hydrogen) atoms. The Morgan fingerprint density at radius 1 is 1.54 bits per heavy atom. The van der Waals surface area contributed by atoms with E-state index in [9.17, 15) is 9.18 Å². The van der Waals surface area contributed by atoms with Crippen molar-refractivity contribution >= 4 is 5.78 Å². The molecule has 1 fully saturated rings. The highest BCUT2D eigenvalue weighted by Crippen LogP contribution is 2.34. The molecule has 2 aliphatic rings. The highest BCUT2D eigenvalue weighted by atomic mass is 19.1. The van der Waals surface area contributed by atoms with Crippen molar-refractivity contribution in [2.75, 3.05) is 0 Å². The fourth-order valence-corrected chi connectivity index (χ4v) is 2.07. The molecule has 1 aliphatic carbocycles. The van der Waals surface area contributed by atoms with Gasteiger partial charge in [0.05, 0.1) is 12.2 Å². The summed E-state index contributed by atoms with van der Waals surface area (Å²) in [5, 5.41) is 0. The number of rotatable bonds is 0. The Hall–Kier alpha value is -0.860. The maximum Gasteiger partial charge on any atom is 0.168 e. The van der Waals surface area contributed by atoms with Crippen LogP contribution < -0.4 is 0 Å². The van der Waals surface area contributed by atoms with Gasteiger partial charge in [0.15, 0.2) is 5.78 Å². The number of halogens is 1. The second kappa shape index (κ2) is 3.13. The van der Waals surface area contributed by atoms with Crippen molar-refractivity contribution < 1.29 is 13.9 Å². The van der Waals surface area contributed by atoms with E-state index in [0.717, 1.165) is 0 Å². The fourth-order valence-electron chi connectivity index (χ4n) is 2.07. The van der Waals surface area contributed by atoms with Gasteiger partial charge < -0.3 is 4.74 Å². The largest absolute Gasteiger partial charge is 0.497 e. The Balaban J connectivity index is 2.17. The standard InChI is InChI=1S/C10H13FO2/c1-6-5-13-9-3-2-7(11)4-8(9)10(6)12/h5,7-9H,2-4H2,1H3. The summed E-state index contributed by atoms with van der Waals surface area (Å²) in [4.78, 5) is 11.6. The molecule has 1 heterocycles. The van der Waals surface area contributed by atoms with Gasteiger partial charge in [0.2, 0.25) is 0 Å². The summed E-state index contributed by atoms with van der Waals surface area (Å²) in [6.45, 7) is 1.72. The lowest BCUT2D eigenvalue weighted by Gasteiger charge is -2.34. The van der Waals surface area contributed by atoms with Gasteiger partial charge in [0.25, 0.3) is 0 Å². The molecule has 2 nitrogen and oxygen atoms in total. The first-order chi connectivity index (χ1) is 6.18. The molecule has 2 rings (SSSR count). The minimum Gasteiger partial charge on any atom is -0.497 e. The number of Topliss-reactive ketones (excluding diaryl/α,β-unsaturated/α-hetero) is 1. The van der Waals surface area contributed by atoms with E-state index in [1.165, 1.54) is 6.26 Å².